The van der Waals surface area contributed by atoms with Crippen molar-refractivity contribution in [1.29, 1.82) is 0 Å². The molecule has 4 heteroatoms. The third-order valence-electron chi connectivity index (χ3n) is 16.5. The summed E-state index contributed by atoms with van der Waals surface area (Å²) >= 11 is 0. The highest BCUT2D eigenvalue weighted by molar-refractivity contribution is 5.69. The molecule has 0 saturated heterocycles. The number of carbonyl (C=O) groups is 2. The largest absolute Gasteiger partial charge is 0.466 e. The van der Waals surface area contributed by atoms with Crippen LogP contribution in [0.1, 0.15) is 425 Å². The molecule has 74 heavy (non-hydrogen) atoms. The van der Waals surface area contributed by atoms with E-state index in [-0.39, 0.29) is 11.9 Å². The lowest BCUT2D eigenvalue weighted by molar-refractivity contribution is -0.144. The Balaban J connectivity index is 3.21. The molecule has 0 aromatic rings. The van der Waals surface area contributed by atoms with Crippen molar-refractivity contribution >= 4 is 11.9 Å². The Labute approximate surface area is 466 Å². The molecule has 0 bridgehead atoms. The molecule has 0 unspecified atom stereocenters. The number of ether oxygens (including phenoxy) is 2. The average Bonchev–Trinajstić information content (AvgIpc) is 3.40. The van der Waals surface area contributed by atoms with Gasteiger partial charge in [0.15, 0.2) is 0 Å². The summed E-state index contributed by atoms with van der Waals surface area (Å²) in [5, 5.41) is 0. The van der Waals surface area contributed by atoms with E-state index in [0.717, 1.165) is 51.4 Å². The normalized spacial score (nSPS) is 11.5. The molecule has 0 spiro atoms. The van der Waals surface area contributed by atoms with Gasteiger partial charge >= 0.3 is 11.9 Å². The summed E-state index contributed by atoms with van der Waals surface area (Å²) in [7, 11) is 0. The molecule has 0 heterocycles. The highest BCUT2D eigenvalue weighted by Gasteiger charge is 2.06. The van der Waals surface area contributed by atoms with Gasteiger partial charge in [-0.2, -0.15) is 0 Å². The van der Waals surface area contributed by atoms with E-state index in [1.165, 1.54) is 347 Å². The summed E-state index contributed by atoms with van der Waals surface area (Å²) in [6, 6.07) is 0. The van der Waals surface area contributed by atoms with E-state index in [2.05, 4.69) is 13.8 Å². The molecule has 0 aliphatic rings. The second kappa shape index (κ2) is 68.0. The Morgan fingerprint density at radius 1 is 0.176 bits per heavy atom. The summed E-state index contributed by atoms with van der Waals surface area (Å²) < 4.78 is 11.0. The van der Waals surface area contributed by atoms with Gasteiger partial charge < -0.3 is 9.47 Å². The summed E-state index contributed by atoms with van der Waals surface area (Å²) in [5.74, 6) is -0.0478. The molecule has 0 rings (SSSR count). The van der Waals surface area contributed by atoms with Crippen molar-refractivity contribution in [1.82, 2.24) is 0 Å². The molecule has 0 radical (unpaired) electrons. The van der Waals surface area contributed by atoms with Gasteiger partial charge in [-0.3, -0.25) is 9.59 Å². The third kappa shape index (κ3) is 67.1. The lowest BCUT2D eigenvalue weighted by Gasteiger charge is -2.06. The van der Waals surface area contributed by atoms with Gasteiger partial charge in [-0.25, -0.2) is 0 Å². The number of rotatable bonds is 67. The van der Waals surface area contributed by atoms with Crippen LogP contribution < -0.4 is 0 Å². The number of unbranched alkanes of at least 4 members (excludes halogenated alkanes) is 59. The average molecular weight is 1040 g/mol. The van der Waals surface area contributed by atoms with Gasteiger partial charge in [0, 0.05) is 12.8 Å². The quantitative estimate of drug-likeness (QED) is 0.0450. The van der Waals surface area contributed by atoms with E-state index >= 15 is 0 Å². The van der Waals surface area contributed by atoms with Crippen LogP contribution in [0, 0.1) is 0 Å². The second-order valence-electron chi connectivity index (χ2n) is 24.2. The van der Waals surface area contributed by atoms with Gasteiger partial charge in [0.1, 0.15) is 0 Å². The van der Waals surface area contributed by atoms with Crippen LogP contribution in [0.2, 0.25) is 0 Å². The van der Waals surface area contributed by atoms with Gasteiger partial charge in [-0.15, -0.1) is 0 Å². The van der Waals surface area contributed by atoms with Gasteiger partial charge in [0.25, 0.3) is 0 Å². The molecule has 0 aliphatic heterocycles. The maximum atomic E-state index is 12.1. The molecule has 0 fully saturated rings. The van der Waals surface area contributed by atoms with Crippen molar-refractivity contribution in [2.75, 3.05) is 13.2 Å². The minimum Gasteiger partial charge on any atom is -0.466 e. The number of hydrogen-bond donors (Lipinski definition) is 0. The molecule has 0 atom stereocenters. The molecule has 0 aliphatic carbocycles. The third-order valence-corrected chi connectivity index (χ3v) is 16.5. The summed E-state index contributed by atoms with van der Waals surface area (Å²) in [4.78, 5) is 24.3. The van der Waals surface area contributed by atoms with Crippen LogP contribution in [-0.4, -0.2) is 25.2 Å². The summed E-state index contributed by atoms with van der Waals surface area (Å²) in [6.07, 6.45) is 86.3. The topological polar surface area (TPSA) is 52.6 Å². The standard InChI is InChI=1S/C70H138O4/c1-3-5-7-9-11-13-15-17-19-21-23-25-27-29-31-33-35-37-39-41-43-45-47-49-51-55-59-63-67-73-69(71)65-61-57-53-54-58-62-66-70(72)74-68-64-60-56-52-50-48-46-44-42-40-38-36-34-32-30-28-26-24-22-20-18-16-14-12-10-8-6-4-2/h3-68H2,1-2H3. The fourth-order valence-corrected chi connectivity index (χ4v) is 11.3. The van der Waals surface area contributed by atoms with E-state index in [4.69, 9.17) is 9.47 Å². The van der Waals surface area contributed by atoms with Crippen LogP contribution in [0.3, 0.4) is 0 Å². The van der Waals surface area contributed by atoms with Crippen LogP contribution in [0.15, 0.2) is 0 Å². The Morgan fingerprint density at radius 2 is 0.297 bits per heavy atom. The Hall–Kier alpha value is -1.06. The summed E-state index contributed by atoms with van der Waals surface area (Å²) in [5.41, 5.74) is 0. The SMILES string of the molecule is CCCCCCCCCCCCCCCCCCCCCCCCCCCCCCOC(=O)CCCCCCCCC(=O)OCCCCCCCCCCCCCCCCCCCCCCCCCCCCCC. The van der Waals surface area contributed by atoms with Gasteiger partial charge in [0.2, 0.25) is 0 Å². The van der Waals surface area contributed by atoms with Crippen LogP contribution in [-0.2, 0) is 19.1 Å². The molecule has 4 nitrogen and oxygen atoms in total. The lowest BCUT2D eigenvalue weighted by Crippen LogP contribution is -2.06. The number of carbonyl (C=O) groups excluding carboxylic acids is 2. The summed E-state index contributed by atoms with van der Waals surface area (Å²) in [6.45, 7) is 5.79. The monoisotopic (exact) mass is 1040 g/mol. The zero-order valence-electron chi connectivity index (χ0n) is 51.3. The molecular weight excluding hydrogens is 905 g/mol. The predicted molar refractivity (Wildman–Crippen MR) is 329 cm³/mol. The second-order valence-corrected chi connectivity index (χ2v) is 24.2. The van der Waals surface area contributed by atoms with Crippen LogP contribution in [0.5, 0.6) is 0 Å². The van der Waals surface area contributed by atoms with Crippen LogP contribution in [0.25, 0.3) is 0 Å². The van der Waals surface area contributed by atoms with E-state index in [9.17, 15) is 9.59 Å². The van der Waals surface area contributed by atoms with E-state index in [0.29, 0.717) is 26.1 Å². The highest BCUT2D eigenvalue weighted by atomic mass is 16.5. The maximum absolute atomic E-state index is 12.1. The predicted octanol–water partition coefficient (Wildman–Crippen LogP) is 25.1. The smallest absolute Gasteiger partial charge is 0.305 e. The van der Waals surface area contributed by atoms with Crippen molar-refractivity contribution < 1.29 is 19.1 Å². The Kier molecular flexibility index (Phi) is 67.1. The first-order valence-corrected chi connectivity index (χ1v) is 35.0. The molecule has 0 amide bonds. The van der Waals surface area contributed by atoms with Crippen LogP contribution >= 0.6 is 0 Å². The van der Waals surface area contributed by atoms with Crippen LogP contribution in [0.4, 0.5) is 0 Å². The number of esters is 2. The minimum atomic E-state index is -0.0239. The molecule has 0 aromatic heterocycles. The zero-order valence-corrected chi connectivity index (χ0v) is 51.3. The van der Waals surface area contributed by atoms with E-state index < -0.39 is 0 Å². The van der Waals surface area contributed by atoms with Crippen molar-refractivity contribution in [3.8, 4) is 0 Å². The molecule has 442 valence electrons. The van der Waals surface area contributed by atoms with Crippen molar-refractivity contribution in [3.05, 3.63) is 0 Å². The van der Waals surface area contributed by atoms with E-state index in [1.807, 2.05) is 0 Å². The number of hydrogen-bond acceptors (Lipinski definition) is 4. The molecular formula is C70H138O4. The molecule has 0 N–H and O–H groups in total. The fourth-order valence-electron chi connectivity index (χ4n) is 11.3. The minimum absolute atomic E-state index is 0.0239. The zero-order chi connectivity index (χ0) is 53.2. The van der Waals surface area contributed by atoms with Crippen molar-refractivity contribution in [3.63, 3.8) is 0 Å². The fraction of sp³-hybridized carbons (Fsp3) is 0.971. The Bertz CT molecular complexity index is 946. The first-order valence-electron chi connectivity index (χ1n) is 35.0. The van der Waals surface area contributed by atoms with Gasteiger partial charge in [-0.1, -0.05) is 386 Å². The lowest BCUT2D eigenvalue weighted by atomic mass is 10.0. The Morgan fingerprint density at radius 3 is 0.446 bits per heavy atom. The first-order chi connectivity index (χ1) is 36.7. The highest BCUT2D eigenvalue weighted by Crippen LogP contribution is 2.19. The molecule has 0 saturated carbocycles. The first kappa shape index (κ1) is 72.9. The van der Waals surface area contributed by atoms with Crippen molar-refractivity contribution in [2.24, 2.45) is 0 Å². The maximum Gasteiger partial charge on any atom is 0.305 e. The van der Waals surface area contributed by atoms with E-state index in [1.54, 1.807) is 0 Å². The van der Waals surface area contributed by atoms with Gasteiger partial charge in [-0.05, 0) is 25.7 Å². The van der Waals surface area contributed by atoms with Gasteiger partial charge in [0.05, 0.1) is 13.2 Å². The van der Waals surface area contributed by atoms with Crippen molar-refractivity contribution in [2.45, 2.75) is 425 Å². The molecule has 0 aromatic carbocycles.